The van der Waals surface area contributed by atoms with Crippen molar-refractivity contribution < 1.29 is 0 Å². The smallest absolute Gasteiger partial charge is 0.0608 e. The van der Waals surface area contributed by atoms with E-state index in [9.17, 15) is 0 Å². The number of thioether (sulfide) groups is 1. The average molecular weight is 129 g/mol. The molecule has 1 rings (SSSR count). The molecule has 0 aromatic rings. The van der Waals surface area contributed by atoms with E-state index < -0.39 is 0 Å². The van der Waals surface area contributed by atoms with Crippen molar-refractivity contribution in [2.75, 3.05) is 7.05 Å². The van der Waals surface area contributed by atoms with Crippen molar-refractivity contribution in [3.63, 3.8) is 0 Å². The molecule has 0 aromatic heterocycles. The topological polar surface area (TPSA) is 12.0 Å². The first-order valence-corrected chi connectivity index (χ1v) is 3.74. The molecule has 1 aliphatic rings. The van der Waals surface area contributed by atoms with Crippen molar-refractivity contribution in [2.45, 2.75) is 18.1 Å². The number of hydrogen-bond acceptors (Lipinski definition) is 2. The summed E-state index contributed by atoms with van der Waals surface area (Å²) in [6.45, 7) is 3.81. The maximum Gasteiger partial charge on any atom is 0.0608 e. The van der Waals surface area contributed by atoms with Crippen LogP contribution >= 0.6 is 11.8 Å². The Morgan fingerprint density at radius 1 is 1.75 bits per heavy atom. The fourth-order valence-electron chi connectivity index (χ4n) is 0.446. The predicted octanol–water partition coefficient (Wildman–Crippen LogP) is 1.57. The Labute approximate surface area is 54.5 Å². The molecule has 0 atom stereocenters. The van der Waals surface area contributed by atoms with E-state index in [0.29, 0.717) is 0 Å². The van der Waals surface area contributed by atoms with Crippen LogP contribution in [0.1, 0.15) is 12.8 Å². The predicted molar refractivity (Wildman–Crippen MR) is 38.8 cm³/mol. The van der Waals surface area contributed by atoms with E-state index in [0.717, 1.165) is 10.3 Å². The van der Waals surface area contributed by atoms with E-state index in [-0.39, 0.29) is 0 Å². The molecule has 46 valence electrons. The molecule has 0 amide bonds. The van der Waals surface area contributed by atoms with Crippen LogP contribution in [0.3, 0.4) is 0 Å². The van der Waals surface area contributed by atoms with E-state index >= 15 is 0 Å². The Morgan fingerprint density at radius 2 is 2.38 bits per heavy atom. The lowest BCUT2D eigenvalue weighted by molar-refractivity contribution is 1.08. The summed E-state index contributed by atoms with van der Waals surface area (Å²) >= 11 is 1.86. The second-order valence-electron chi connectivity index (χ2n) is 1.99. The second-order valence-corrected chi connectivity index (χ2v) is 3.39. The SMILES string of the molecule is C=C(NC)SC1CC1. The second kappa shape index (κ2) is 2.44. The van der Waals surface area contributed by atoms with Gasteiger partial charge in [-0.3, -0.25) is 0 Å². The van der Waals surface area contributed by atoms with Gasteiger partial charge in [0, 0.05) is 12.3 Å². The van der Waals surface area contributed by atoms with Gasteiger partial charge < -0.3 is 5.32 Å². The summed E-state index contributed by atoms with van der Waals surface area (Å²) in [6.07, 6.45) is 2.76. The highest BCUT2D eigenvalue weighted by Gasteiger charge is 2.22. The molecule has 0 saturated heterocycles. The standard InChI is InChI=1S/C6H11NS/c1-5(7-2)8-6-3-4-6/h6-7H,1,3-4H2,2H3. The van der Waals surface area contributed by atoms with E-state index in [1.54, 1.807) is 0 Å². The van der Waals surface area contributed by atoms with Crippen LogP contribution in [-0.4, -0.2) is 12.3 Å². The summed E-state index contributed by atoms with van der Waals surface area (Å²) < 4.78 is 0. The highest BCUT2D eigenvalue weighted by molar-refractivity contribution is 8.03. The first kappa shape index (κ1) is 6.02. The summed E-state index contributed by atoms with van der Waals surface area (Å²) in [6, 6.07) is 0. The Morgan fingerprint density at radius 3 is 2.75 bits per heavy atom. The third-order valence-electron chi connectivity index (χ3n) is 1.11. The van der Waals surface area contributed by atoms with Crippen LogP contribution in [0.25, 0.3) is 0 Å². The molecule has 0 aliphatic heterocycles. The summed E-state index contributed by atoms with van der Waals surface area (Å²) in [5.74, 6) is 0. The van der Waals surface area contributed by atoms with Crippen molar-refractivity contribution in [2.24, 2.45) is 0 Å². The lowest BCUT2D eigenvalue weighted by atomic mass is 11.0. The fraction of sp³-hybridized carbons (Fsp3) is 0.667. The fourth-order valence-corrected chi connectivity index (χ4v) is 1.34. The van der Waals surface area contributed by atoms with Crippen LogP contribution < -0.4 is 5.32 Å². The van der Waals surface area contributed by atoms with Gasteiger partial charge in [0.25, 0.3) is 0 Å². The summed E-state index contributed by atoms with van der Waals surface area (Å²) in [5.41, 5.74) is 0. The van der Waals surface area contributed by atoms with Gasteiger partial charge in [0.1, 0.15) is 0 Å². The maximum absolute atomic E-state index is 3.81. The van der Waals surface area contributed by atoms with E-state index in [4.69, 9.17) is 0 Å². The van der Waals surface area contributed by atoms with Gasteiger partial charge in [-0.15, -0.1) is 11.8 Å². The zero-order chi connectivity index (χ0) is 5.98. The number of rotatable bonds is 3. The van der Waals surface area contributed by atoms with Crippen LogP contribution in [0.15, 0.2) is 11.6 Å². The van der Waals surface area contributed by atoms with Crippen molar-refractivity contribution in [1.29, 1.82) is 0 Å². The van der Waals surface area contributed by atoms with E-state index in [1.165, 1.54) is 12.8 Å². The third kappa shape index (κ3) is 1.78. The van der Waals surface area contributed by atoms with Crippen molar-refractivity contribution >= 4 is 11.8 Å². The number of nitrogens with one attached hydrogen (secondary N) is 1. The zero-order valence-electron chi connectivity index (χ0n) is 5.11. The Balaban J connectivity index is 2.07. The molecule has 2 heteroatoms. The largest absolute Gasteiger partial charge is 0.383 e. The van der Waals surface area contributed by atoms with Gasteiger partial charge in [-0.05, 0) is 12.8 Å². The highest BCUT2D eigenvalue weighted by Crippen LogP contribution is 2.36. The van der Waals surface area contributed by atoms with Gasteiger partial charge in [0.2, 0.25) is 0 Å². The van der Waals surface area contributed by atoms with Crippen molar-refractivity contribution in [3.05, 3.63) is 11.6 Å². The van der Waals surface area contributed by atoms with Crippen molar-refractivity contribution in [3.8, 4) is 0 Å². The molecule has 1 aliphatic carbocycles. The molecule has 1 N–H and O–H groups in total. The molecule has 0 aromatic carbocycles. The first-order chi connectivity index (χ1) is 3.83. The Bertz CT molecular complexity index is 96.7. The lowest BCUT2D eigenvalue weighted by Gasteiger charge is -1.99. The monoisotopic (exact) mass is 129 g/mol. The summed E-state index contributed by atoms with van der Waals surface area (Å²) in [7, 11) is 1.91. The molecular weight excluding hydrogens is 118 g/mol. The quantitative estimate of drug-likeness (QED) is 0.621. The summed E-state index contributed by atoms with van der Waals surface area (Å²) in [5, 5.41) is 4.99. The van der Waals surface area contributed by atoms with E-state index in [2.05, 4.69) is 11.9 Å². The molecule has 1 nitrogen and oxygen atoms in total. The molecule has 0 heterocycles. The summed E-state index contributed by atoms with van der Waals surface area (Å²) in [4.78, 5) is 0. The molecule has 0 bridgehead atoms. The van der Waals surface area contributed by atoms with Gasteiger partial charge in [-0.1, -0.05) is 6.58 Å². The normalized spacial score (nSPS) is 18.1. The van der Waals surface area contributed by atoms with Crippen molar-refractivity contribution in [1.82, 2.24) is 5.32 Å². The van der Waals surface area contributed by atoms with Crippen LogP contribution in [0.5, 0.6) is 0 Å². The number of hydrogen-bond donors (Lipinski definition) is 1. The Kier molecular flexibility index (Phi) is 1.84. The van der Waals surface area contributed by atoms with Gasteiger partial charge >= 0.3 is 0 Å². The Hall–Kier alpha value is -0.110. The van der Waals surface area contributed by atoms with Gasteiger partial charge in [0.15, 0.2) is 0 Å². The minimum atomic E-state index is 0.884. The van der Waals surface area contributed by atoms with Gasteiger partial charge in [-0.25, -0.2) is 0 Å². The van der Waals surface area contributed by atoms with Crippen LogP contribution in [-0.2, 0) is 0 Å². The molecule has 1 saturated carbocycles. The van der Waals surface area contributed by atoms with Gasteiger partial charge in [-0.2, -0.15) is 0 Å². The average Bonchev–Trinajstić information content (AvgIpc) is 2.50. The highest BCUT2D eigenvalue weighted by atomic mass is 32.2. The minimum Gasteiger partial charge on any atom is -0.383 e. The molecule has 8 heavy (non-hydrogen) atoms. The van der Waals surface area contributed by atoms with Crippen LogP contribution in [0.4, 0.5) is 0 Å². The zero-order valence-corrected chi connectivity index (χ0v) is 5.92. The van der Waals surface area contributed by atoms with Gasteiger partial charge in [0.05, 0.1) is 5.03 Å². The van der Waals surface area contributed by atoms with E-state index in [1.807, 2.05) is 18.8 Å². The molecule has 0 radical (unpaired) electrons. The van der Waals surface area contributed by atoms with Crippen LogP contribution in [0.2, 0.25) is 0 Å². The lowest BCUT2D eigenvalue weighted by Crippen LogP contribution is -2.00. The molecular formula is C6H11NS. The minimum absolute atomic E-state index is 0.884. The first-order valence-electron chi connectivity index (χ1n) is 2.86. The maximum atomic E-state index is 3.81. The molecule has 0 unspecified atom stereocenters. The molecule has 1 fully saturated rings. The van der Waals surface area contributed by atoms with Crippen LogP contribution in [0, 0.1) is 0 Å². The molecule has 0 spiro atoms. The third-order valence-corrected chi connectivity index (χ3v) is 2.41.